The van der Waals surface area contributed by atoms with E-state index in [9.17, 15) is 13.2 Å². The number of nitrogens with zero attached hydrogens (tertiary/aromatic N) is 3. The fraction of sp³-hybridized carbons (Fsp3) is 0.148. The van der Waals surface area contributed by atoms with Gasteiger partial charge in [-0.2, -0.15) is 10.2 Å². The van der Waals surface area contributed by atoms with Crippen LogP contribution in [0.15, 0.2) is 77.7 Å². The number of sulfonamides is 1. The summed E-state index contributed by atoms with van der Waals surface area (Å²) in [5.41, 5.74) is 2.64. The second-order valence-electron chi connectivity index (χ2n) is 8.06. The summed E-state index contributed by atoms with van der Waals surface area (Å²) in [6.45, 7) is 0.759. The summed E-state index contributed by atoms with van der Waals surface area (Å²) >= 11 is 6.67. The Bertz CT molecular complexity index is 1600. The van der Waals surface area contributed by atoms with Gasteiger partial charge in [0.05, 0.1) is 18.0 Å². The number of benzene rings is 3. The van der Waals surface area contributed by atoms with Crippen molar-refractivity contribution in [3.63, 3.8) is 0 Å². The summed E-state index contributed by atoms with van der Waals surface area (Å²) in [6, 6.07) is 20.8. The van der Waals surface area contributed by atoms with Gasteiger partial charge in [-0.25, -0.2) is 13.1 Å². The first-order valence-electron chi connectivity index (χ1n) is 11.4. The Morgan fingerprint density at radius 1 is 1.05 bits per heavy atom. The fourth-order valence-electron chi connectivity index (χ4n) is 3.92. The number of imidazole rings is 1. The zero-order chi connectivity index (χ0) is 27.1. The van der Waals surface area contributed by atoms with Gasteiger partial charge in [-0.3, -0.25) is 4.79 Å². The number of aromatic nitrogens is 2. The number of hydrogen-bond donors (Lipinski definition) is 1. The Morgan fingerprint density at radius 2 is 1.79 bits per heavy atom. The maximum Gasteiger partial charge on any atom is 0.270 e. The van der Waals surface area contributed by atoms with Gasteiger partial charge in [-0.15, -0.1) is 0 Å². The second kappa shape index (κ2) is 11.9. The Hall–Kier alpha value is -4.17. The summed E-state index contributed by atoms with van der Waals surface area (Å²) in [5, 5.41) is 9.20. The molecule has 194 valence electrons. The molecule has 0 aliphatic carbocycles. The van der Waals surface area contributed by atoms with E-state index in [2.05, 4.69) is 4.98 Å². The molecule has 1 N–H and O–H groups in total. The Morgan fingerprint density at radius 3 is 2.47 bits per heavy atom. The van der Waals surface area contributed by atoms with Crippen LogP contribution in [0.5, 0.6) is 5.88 Å². The molecule has 4 aromatic rings. The molecular formula is C27H23ClN4O5S. The molecule has 0 saturated heterocycles. The summed E-state index contributed by atoms with van der Waals surface area (Å²) in [7, 11) is -2.49. The van der Waals surface area contributed by atoms with Crippen LogP contribution in [0.25, 0.3) is 22.5 Å². The second-order valence-corrected chi connectivity index (χ2v) is 10.1. The van der Waals surface area contributed by atoms with E-state index in [0.717, 1.165) is 5.56 Å². The van der Waals surface area contributed by atoms with Crippen LogP contribution in [0.4, 0.5) is 0 Å². The maximum absolute atomic E-state index is 12.5. The molecular weight excluding hydrogens is 528 g/mol. The number of ether oxygens (including phenoxy) is 2. The molecule has 9 nitrogen and oxygen atoms in total. The predicted molar refractivity (Wildman–Crippen MR) is 142 cm³/mol. The van der Waals surface area contributed by atoms with Crippen molar-refractivity contribution in [2.45, 2.75) is 11.4 Å². The molecule has 0 unspecified atom stereocenters. The topological polar surface area (TPSA) is 123 Å². The molecule has 4 rings (SSSR count). The lowest BCUT2D eigenvalue weighted by molar-refractivity contribution is 0.110. The van der Waals surface area contributed by atoms with E-state index < -0.39 is 10.0 Å². The van der Waals surface area contributed by atoms with Crippen LogP contribution in [0, 0.1) is 11.5 Å². The van der Waals surface area contributed by atoms with Crippen molar-refractivity contribution in [2.75, 3.05) is 20.3 Å². The molecule has 0 spiro atoms. The molecule has 38 heavy (non-hydrogen) atoms. The largest absolute Gasteiger partial charge is 0.474 e. The minimum Gasteiger partial charge on any atom is -0.474 e. The minimum absolute atomic E-state index is 0.0487. The van der Waals surface area contributed by atoms with Crippen LogP contribution in [-0.4, -0.2) is 44.6 Å². The van der Waals surface area contributed by atoms with Crippen molar-refractivity contribution in [3.05, 3.63) is 89.1 Å². The van der Waals surface area contributed by atoms with Gasteiger partial charge in [0.25, 0.3) is 10.0 Å². The van der Waals surface area contributed by atoms with Gasteiger partial charge in [-0.05, 0) is 23.3 Å². The Kier molecular flexibility index (Phi) is 8.43. The Balaban J connectivity index is 1.75. The van der Waals surface area contributed by atoms with Crippen molar-refractivity contribution < 1.29 is 22.7 Å². The first kappa shape index (κ1) is 26.9. The number of nitriles is 1. The molecule has 0 atom stereocenters. The van der Waals surface area contributed by atoms with Crippen LogP contribution in [0.1, 0.15) is 16.1 Å². The van der Waals surface area contributed by atoms with Gasteiger partial charge in [0.1, 0.15) is 18.1 Å². The van der Waals surface area contributed by atoms with Crippen LogP contribution in [0.3, 0.4) is 0 Å². The number of hydrogen-bond acceptors (Lipinski definition) is 7. The summed E-state index contributed by atoms with van der Waals surface area (Å²) < 4.78 is 39.4. The number of rotatable bonds is 11. The smallest absolute Gasteiger partial charge is 0.270 e. The monoisotopic (exact) mass is 550 g/mol. The summed E-state index contributed by atoms with van der Waals surface area (Å²) in [5.74, 6) is 0.715. The lowest BCUT2D eigenvalue weighted by atomic mass is 10.0. The van der Waals surface area contributed by atoms with Gasteiger partial charge in [0.2, 0.25) is 5.88 Å². The zero-order valence-corrected chi connectivity index (χ0v) is 21.9. The van der Waals surface area contributed by atoms with Crippen LogP contribution >= 0.6 is 11.6 Å². The van der Waals surface area contributed by atoms with Crippen molar-refractivity contribution in [1.29, 1.82) is 5.26 Å². The van der Waals surface area contributed by atoms with Crippen molar-refractivity contribution >= 4 is 27.9 Å². The maximum atomic E-state index is 12.5. The van der Waals surface area contributed by atoms with E-state index in [4.69, 9.17) is 26.3 Å². The standard InChI is InChI=1S/C27H23ClN4O5S/c1-36-13-14-37-27-24(17-33)32(26(31-27)19-7-3-2-4-8-19)16-21-12-11-20(15-23(21)28)22-9-5-6-10-25(22)38(34,35)30-18-29/h2-12,15,17,30H,13-14,16H2,1H3. The SMILES string of the molecule is COCCOc1nc(-c2ccccc2)n(Cc2ccc(-c3ccccc3S(=O)(=O)NC#N)cc2Cl)c1C=O. The molecule has 11 heteroatoms. The van der Waals surface area contributed by atoms with Crippen LogP contribution in [-0.2, 0) is 21.3 Å². The van der Waals surface area contributed by atoms with Crippen LogP contribution in [0.2, 0.25) is 5.02 Å². The van der Waals surface area contributed by atoms with E-state index in [1.807, 2.05) is 35.1 Å². The summed E-state index contributed by atoms with van der Waals surface area (Å²) in [4.78, 5) is 16.7. The molecule has 0 aliphatic heterocycles. The summed E-state index contributed by atoms with van der Waals surface area (Å²) in [6.07, 6.45) is 2.15. The highest BCUT2D eigenvalue weighted by Gasteiger charge is 2.22. The van der Waals surface area contributed by atoms with Gasteiger partial charge in [-0.1, -0.05) is 72.3 Å². The lowest BCUT2D eigenvalue weighted by Gasteiger charge is -2.14. The predicted octanol–water partition coefficient (Wildman–Crippen LogP) is 4.52. The highest BCUT2D eigenvalue weighted by atomic mass is 35.5. The first-order valence-corrected chi connectivity index (χ1v) is 13.3. The van der Waals surface area contributed by atoms with Crippen LogP contribution < -0.4 is 9.46 Å². The first-order chi connectivity index (χ1) is 18.4. The quantitative estimate of drug-likeness (QED) is 0.126. The third-order valence-electron chi connectivity index (χ3n) is 5.69. The molecule has 0 radical (unpaired) electrons. The van der Waals surface area contributed by atoms with E-state index in [1.54, 1.807) is 48.1 Å². The minimum atomic E-state index is -4.04. The number of methoxy groups -OCH3 is 1. The van der Waals surface area contributed by atoms with E-state index in [-0.39, 0.29) is 29.6 Å². The van der Waals surface area contributed by atoms with E-state index >= 15 is 0 Å². The van der Waals surface area contributed by atoms with Crippen molar-refractivity contribution in [1.82, 2.24) is 14.3 Å². The number of carbonyl (C=O) groups excluding carboxylic acids is 1. The van der Waals surface area contributed by atoms with E-state index in [1.165, 1.54) is 12.3 Å². The average Bonchev–Trinajstić information content (AvgIpc) is 3.27. The zero-order valence-electron chi connectivity index (χ0n) is 20.3. The lowest BCUT2D eigenvalue weighted by Crippen LogP contribution is -2.18. The van der Waals surface area contributed by atoms with Gasteiger partial charge >= 0.3 is 0 Å². The third kappa shape index (κ3) is 5.70. The molecule has 0 amide bonds. The molecule has 0 aliphatic rings. The third-order valence-corrected chi connectivity index (χ3v) is 7.34. The molecule has 0 bridgehead atoms. The molecule has 3 aromatic carbocycles. The highest BCUT2D eigenvalue weighted by Crippen LogP contribution is 2.33. The number of halogens is 1. The molecule has 0 saturated carbocycles. The number of nitrogens with one attached hydrogen (secondary N) is 1. The fourth-order valence-corrected chi connectivity index (χ4v) is 5.12. The van der Waals surface area contributed by atoms with Crippen molar-refractivity contribution in [3.8, 4) is 34.6 Å². The number of aldehydes is 1. The van der Waals surface area contributed by atoms with Gasteiger partial charge in [0.15, 0.2) is 12.5 Å². The highest BCUT2D eigenvalue weighted by molar-refractivity contribution is 7.89. The van der Waals surface area contributed by atoms with Gasteiger partial charge in [0, 0.05) is 23.3 Å². The Labute approximate surface area is 225 Å². The van der Waals surface area contributed by atoms with E-state index in [0.29, 0.717) is 40.4 Å². The number of carbonyl (C=O) groups is 1. The molecule has 1 heterocycles. The normalized spacial score (nSPS) is 11.1. The van der Waals surface area contributed by atoms with Gasteiger partial charge < -0.3 is 14.0 Å². The molecule has 1 aromatic heterocycles. The molecule has 0 fully saturated rings. The average molecular weight is 551 g/mol. The van der Waals surface area contributed by atoms with Crippen molar-refractivity contribution in [2.24, 2.45) is 0 Å².